The molecular formula is C17H18ClFIN. The molecule has 0 heterocycles. The van der Waals surface area contributed by atoms with Crippen molar-refractivity contribution in [3.05, 3.63) is 67.5 Å². The molecule has 112 valence electrons. The third-order valence-electron chi connectivity index (χ3n) is 3.50. The highest BCUT2D eigenvalue weighted by atomic mass is 127. The zero-order valence-corrected chi connectivity index (χ0v) is 15.0. The van der Waals surface area contributed by atoms with Crippen molar-refractivity contribution in [2.75, 3.05) is 6.54 Å². The number of halogens is 3. The summed E-state index contributed by atoms with van der Waals surface area (Å²) in [7, 11) is 0. The van der Waals surface area contributed by atoms with E-state index in [1.807, 2.05) is 6.07 Å². The Bertz CT molecular complexity index is 630. The maximum atomic E-state index is 14.1. The first kappa shape index (κ1) is 16.7. The SMILES string of the molecule is CCNC(Cc1cccc(Cl)c1F)c1cccc(C)c1I. The molecule has 21 heavy (non-hydrogen) atoms. The lowest BCUT2D eigenvalue weighted by atomic mass is 9.97. The standard InChI is InChI=1S/C17H18ClFIN/c1-3-21-15(13-8-4-6-11(2)17(13)20)10-12-7-5-9-14(18)16(12)19/h4-9,15,21H,3,10H2,1-2H3. The molecule has 0 aromatic heterocycles. The number of likely N-dealkylation sites (N-methyl/N-ethyl adjacent to an activating group) is 1. The monoisotopic (exact) mass is 417 g/mol. The first-order valence-electron chi connectivity index (χ1n) is 6.95. The van der Waals surface area contributed by atoms with Crippen molar-refractivity contribution in [1.29, 1.82) is 0 Å². The summed E-state index contributed by atoms with van der Waals surface area (Å²) in [5.74, 6) is -0.315. The van der Waals surface area contributed by atoms with Gasteiger partial charge in [0.05, 0.1) is 5.02 Å². The van der Waals surface area contributed by atoms with E-state index in [9.17, 15) is 4.39 Å². The van der Waals surface area contributed by atoms with Crippen molar-refractivity contribution >= 4 is 34.2 Å². The Labute approximate surface area is 144 Å². The van der Waals surface area contributed by atoms with Crippen LogP contribution in [-0.2, 0) is 6.42 Å². The maximum absolute atomic E-state index is 14.1. The van der Waals surface area contributed by atoms with Crippen molar-refractivity contribution in [3.63, 3.8) is 0 Å². The summed E-state index contributed by atoms with van der Waals surface area (Å²) in [6, 6.07) is 11.5. The number of rotatable bonds is 5. The quantitative estimate of drug-likeness (QED) is 0.652. The number of aryl methyl sites for hydroxylation is 1. The van der Waals surface area contributed by atoms with Gasteiger partial charge in [-0.05, 0) is 65.2 Å². The molecule has 0 amide bonds. The second-order valence-electron chi connectivity index (χ2n) is 5.01. The normalized spacial score (nSPS) is 12.4. The third kappa shape index (κ3) is 3.96. The molecule has 0 fully saturated rings. The molecule has 1 nitrogen and oxygen atoms in total. The summed E-state index contributed by atoms with van der Waals surface area (Å²) in [5.41, 5.74) is 3.09. The largest absolute Gasteiger partial charge is 0.310 e. The third-order valence-corrected chi connectivity index (χ3v) is 5.27. The van der Waals surface area contributed by atoms with Gasteiger partial charge in [0.25, 0.3) is 0 Å². The van der Waals surface area contributed by atoms with Gasteiger partial charge in [-0.1, -0.05) is 48.9 Å². The molecule has 0 bridgehead atoms. The van der Waals surface area contributed by atoms with Gasteiger partial charge in [-0.15, -0.1) is 0 Å². The first-order chi connectivity index (χ1) is 10.0. The lowest BCUT2D eigenvalue weighted by Gasteiger charge is -2.21. The molecule has 0 saturated heterocycles. The van der Waals surface area contributed by atoms with Crippen LogP contribution in [0.5, 0.6) is 0 Å². The van der Waals surface area contributed by atoms with Gasteiger partial charge in [0.15, 0.2) is 0 Å². The van der Waals surface area contributed by atoms with E-state index in [2.05, 4.69) is 53.9 Å². The molecule has 2 aromatic rings. The molecule has 1 atom stereocenters. The molecule has 1 N–H and O–H groups in total. The van der Waals surface area contributed by atoms with E-state index in [1.165, 1.54) is 14.7 Å². The molecule has 0 radical (unpaired) electrons. The van der Waals surface area contributed by atoms with Crippen LogP contribution in [-0.4, -0.2) is 6.54 Å². The van der Waals surface area contributed by atoms with Crippen LogP contribution in [0, 0.1) is 16.3 Å². The fraction of sp³-hybridized carbons (Fsp3) is 0.294. The van der Waals surface area contributed by atoms with Crippen LogP contribution in [0.3, 0.4) is 0 Å². The van der Waals surface area contributed by atoms with E-state index >= 15 is 0 Å². The summed E-state index contributed by atoms with van der Waals surface area (Å²) in [6.45, 7) is 4.98. The van der Waals surface area contributed by atoms with Gasteiger partial charge < -0.3 is 5.32 Å². The second kappa shape index (κ2) is 7.56. The van der Waals surface area contributed by atoms with Gasteiger partial charge in [0, 0.05) is 9.61 Å². The summed E-state index contributed by atoms with van der Waals surface area (Å²) in [5, 5.41) is 3.63. The van der Waals surface area contributed by atoms with Crippen molar-refractivity contribution < 1.29 is 4.39 Å². The van der Waals surface area contributed by atoms with E-state index in [0.717, 1.165) is 6.54 Å². The Morgan fingerprint density at radius 1 is 1.24 bits per heavy atom. The van der Waals surface area contributed by atoms with Gasteiger partial charge in [0.2, 0.25) is 0 Å². The molecule has 2 rings (SSSR count). The fourth-order valence-corrected chi connectivity index (χ4v) is 3.33. The minimum Gasteiger partial charge on any atom is -0.310 e. The Balaban J connectivity index is 2.35. The van der Waals surface area contributed by atoms with Gasteiger partial charge in [-0.2, -0.15) is 0 Å². The average Bonchev–Trinajstić information content (AvgIpc) is 2.46. The fourth-order valence-electron chi connectivity index (χ4n) is 2.40. The van der Waals surface area contributed by atoms with Gasteiger partial charge in [0.1, 0.15) is 5.82 Å². The number of hydrogen-bond donors (Lipinski definition) is 1. The predicted molar refractivity (Wildman–Crippen MR) is 95.4 cm³/mol. The number of nitrogens with one attached hydrogen (secondary N) is 1. The van der Waals surface area contributed by atoms with Crippen LogP contribution in [0.1, 0.15) is 29.7 Å². The summed E-state index contributed by atoms with van der Waals surface area (Å²) < 4.78 is 15.4. The first-order valence-corrected chi connectivity index (χ1v) is 8.41. The van der Waals surface area contributed by atoms with Crippen LogP contribution < -0.4 is 5.32 Å². The Hall–Kier alpha value is -0.650. The molecule has 0 aliphatic heterocycles. The lowest BCUT2D eigenvalue weighted by molar-refractivity contribution is 0.526. The maximum Gasteiger partial charge on any atom is 0.145 e. The van der Waals surface area contributed by atoms with Crippen LogP contribution in [0.4, 0.5) is 4.39 Å². The van der Waals surface area contributed by atoms with Crippen molar-refractivity contribution in [1.82, 2.24) is 5.32 Å². The second-order valence-corrected chi connectivity index (χ2v) is 6.49. The Morgan fingerprint density at radius 3 is 2.67 bits per heavy atom. The van der Waals surface area contributed by atoms with Gasteiger partial charge in [-0.3, -0.25) is 0 Å². The summed E-state index contributed by atoms with van der Waals surface area (Å²) >= 11 is 8.24. The topological polar surface area (TPSA) is 12.0 Å². The molecule has 0 saturated carbocycles. The van der Waals surface area contributed by atoms with Crippen LogP contribution in [0.15, 0.2) is 36.4 Å². The smallest absolute Gasteiger partial charge is 0.145 e. The minimum atomic E-state index is -0.315. The van der Waals surface area contributed by atoms with Gasteiger partial charge >= 0.3 is 0 Å². The van der Waals surface area contributed by atoms with E-state index in [1.54, 1.807) is 18.2 Å². The number of benzene rings is 2. The zero-order chi connectivity index (χ0) is 15.4. The highest BCUT2D eigenvalue weighted by molar-refractivity contribution is 14.1. The van der Waals surface area contributed by atoms with Crippen molar-refractivity contribution in [2.45, 2.75) is 26.3 Å². The molecule has 0 spiro atoms. The minimum absolute atomic E-state index is 0.0785. The average molecular weight is 418 g/mol. The molecule has 4 heteroatoms. The highest BCUT2D eigenvalue weighted by Crippen LogP contribution is 2.28. The molecule has 1 unspecified atom stereocenters. The predicted octanol–water partition coefficient (Wildman–Crippen LogP) is 5.29. The van der Waals surface area contributed by atoms with Crippen molar-refractivity contribution in [2.24, 2.45) is 0 Å². The lowest BCUT2D eigenvalue weighted by Crippen LogP contribution is -2.24. The highest BCUT2D eigenvalue weighted by Gasteiger charge is 2.17. The van der Waals surface area contributed by atoms with Crippen LogP contribution in [0.25, 0.3) is 0 Å². The van der Waals surface area contributed by atoms with E-state index < -0.39 is 0 Å². The zero-order valence-electron chi connectivity index (χ0n) is 12.1. The van der Waals surface area contributed by atoms with Crippen molar-refractivity contribution in [3.8, 4) is 0 Å². The Kier molecular flexibility index (Phi) is 6.02. The van der Waals surface area contributed by atoms with E-state index in [0.29, 0.717) is 12.0 Å². The Morgan fingerprint density at radius 2 is 1.95 bits per heavy atom. The summed E-state index contributed by atoms with van der Waals surface area (Å²) in [6.07, 6.45) is 0.583. The molecule has 2 aromatic carbocycles. The molecule has 0 aliphatic rings. The number of hydrogen-bond acceptors (Lipinski definition) is 1. The van der Waals surface area contributed by atoms with Crippen LogP contribution >= 0.6 is 34.2 Å². The van der Waals surface area contributed by atoms with E-state index in [4.69, 9.17) is 11.6 Å². The van der Waals surface area contributed by atoms with E-state index in [-0.39, 0.29) is 16.9 Å². The summed E-state index contributed by atoms with van der Waals surface area (Å²) in [4.78, 5) is 0. The van der Waals surface area contributed by atoms with Gasteiger partial charge in [-0.25, -0.2) is 4.39 Å². The molecule has 0 aliphatic carbocycles. The van der Waals surface area contributed by atoms with Crippen LogP contribution in [0.2, 0.25) is 5.02 Å². The molecular weight excluding hydrogens is 400 g/mol.